The molecule has 1 aliphatic heterocycles. The molecule has 7 heteroatoms. The highest BCUT2D eigenvalue weighted by molar-refractivity contribution is 9.10. The Morgan fingerprint density at radius 3 is 2.46 bits per heavy atom. The molecule has 0 aliphatic carbocycles. The number of hydrogen-bond donors (Lipinski definition) is 1. The van der Waals surface area contributed by atoms with Gasteiger partial charge in [0, 0.05) is 30.0 Å². The van der Waals surface area contributed by atoms with Crippen molar-refractivity contribution < 1.29 is 13.2 Å². The van der Waals surface area contributed by atoms with Gasteiger partial charge in [0.1, 0.15) is 0 Å². The van der Waals surface area contributed by atoms with E-state index < -0.39 is 10.0 Å². The summed E-state index contributed by atoms with van der Waals surface area (Å²) in [6.07, 6.45) is 1.11. The first-order valence-corrected chi connectivity index (χ1v) is 11.8. The lowest BCUT2D eigenvalue weighted by Gasteiger charge is -2.30. The lowest BCUT2D eigenvalue weighted by atomic mass is 9.97. The van der Waals surface area contributed by atoms with Crippen LogP contribution in [0.5, 0.6) is 0 Å². The fourth-order valence-electron chi connectivity index (χ4n) is 3.48. The maximum Gasteiger partial charge on any atom is 0.223 e. The second-order valence-corrected chi connectivity index (χ2v) is 10.2. The fraction of sp³-hybridized carbons (Fsp3) is 0.381. The van der Waals surface area contributed by atoms with Gasteiger partial charge in [-0.3, -0.25) is 4.79 Å². The molecular weight excluding hydrogens is 440 g/mol. The molecule has 2 aromatic rings. The zero-order valence-corrected chi connectivity index (χ0v) is 18.3. The molecule has 0 atom stereocenters. The first kappa shape index (κ1) is 21.0. The van der Waals surface area contributed by atoms with Crippen molar-refractivity contribution in [1.82, 2.24) is 9.62 Å². The number of rotatable bonds is 6. The third-order valence-corrected chi connectivity index (χ3v) is 7.35. The van der Waals surface area contributed by atoms with Crippen molar-refractivity contribution in [1.29, 1.82) is 0 Å². The molecule has 0 radical (unpaired) electrons. The molecule has 1 saturated heterocycles. The largest absolute Gasteiger partial charge is 0.352 e. The van der Waals surface area contributed by atoms with E-state index in [2.05, 4.69) is 27.3 Å². The molecule has 3 rings (SSSR count). The number of nitrogens with zero attached hydrogens (tertiary/aromatic N) is 1. The van der Waals surface area contributed by atoms with E-state index in [0.29, 0.717) is 32.5 Å². The van der Waals surface area contributed by atoms with Gasteiger partial charge in [0.25, 0.3) is 0 Å². The van der Waals surface area contributed by atoms with Crippen LogP contribution in [0.2, 0.25) is 0 Å². The van der Waals surface area contributed by atoms with Gasteiger partial charge in [0.2, 0.25) is 15.9 Å². The molecule has 2 aromatic carbocycles. The molecule has 0 unspecified atom stereocenters. The highest BCUT2D eigenvalue weighted by Crippen LogP contribution is 2.23. The molecule has 1 heterocycles. The molecule has 0 bridgehead atoms. The first-order chi connectivity index (χ1) is 13.3. The molecular formula is C21H25BrN2O3S. The molecule has 150 valence electrons. The first-order valence-electron chi connectivity index (χ1n) is 9.39. The summed E-state index contributed by atoms with van der Waals surface area (Å²) in [5.41, 5.74) is 2.99. The Kier molecular flexibility index (Phi) is 6.91. The van der Waals surface area contributed by atoms with Crippen molar-refractivity contribution in [3.8, 4) is 0 Å². The van der Waals surface area contributed by atoms with Crippen molar-refractivity contribution in [2.45, 2.75) is 32.1 Å². The molecule has 28 heavy (non-hydrogen) atoms. The van der Waals surface area contributed by atoms with Crippen LogP contribution in [-0.4, -0.2) is 31.7 Å². The van der Waals surface area contributed by atoms with E-state index in [1.54, 1.807) is 0 Å². The summed E-state index contributed by atoms with van der Waals surface area (Å²) in [5.74, 6) is -0.149. The zero-order valence-electron chi connectivity index (χ0n) is 15.9. The van der Waals surface area contributed by atoms with Gasteiger partial charge >= 0.3 is 0 Å². The van der Waals surface area contributed by atoms with Gasteiger partial charge in [-0.15, -0.1) is 0 Å². The molecule has 0 saturated carbocycles. The van der Waals surface area contributed by atoms with E-state index in [1.165, 1.54) is 4.31 Å². The van der Waals surface area contributed by atoms with E-state index >= 15 is 0 Å². The molecule has 1 N–H and O–H groups in total. The minimum Gasteiger partial charge on any atom is -0.352 e. The minimum absolute atomic E-state index is 0.00513. The van der Waals surface area contributed by atoms with Crippen LogP contribution in [0.1, 0.15) is 29.5 Å². The van der Waals surface area contributed by atoms with Crippen LogP contribution in [0.25, 0.3) is 0 Å². The molecule has 1 aliphatic rings. The van der Waals surface area contributed by atoms with Crippen molar-refractivity contribution in [3.63, 3.8) is 0 Å². The average molecular weight is 465 g/mol. The second-order valence-electron chi connectivity index (χ2n) is 7.27. The standard InChI is InChI=1S/C21H25BrN2O3S/c1-16-4-2-5-17(12-16)14-23-21(25)19-8-10-24(11-9-19)28(26,27)15-18-6-3-7-20(22)13-18/h2-7,12-13,19H,8-11,14-15H2,1H3,(H,23,25). The molecule has 5 nitrogen and oxygen atoms in total. The van der Waals surface area contributed by atoms with Gasteiger partial charge in [-0.1, -0.05) is 57.9 Å². The molecule has 0 aromatic heterocycles. The quantitative estimate of drug-likeness (QED) is 0.709. The maximum atomic E-state index is 12.7. The number of aryl methyl sites for hydroxylation is 1. The van der Waals surface area contributed by atoms with Gasteiger partial charge in [0.15, 0.2) is 0 Å². The van der Waals surface area contributed by atoms with Gasteiger partial charge in [-0.05, 0) is 43.0 Å². The van der Waals surface area contributed by atoms with E-state index in [9.17, 15) is 13.2 Å². The summed E-state index contributed by atoms with van der Waals surface area (Å²) in [7, 11) is -3.38. The maximum absolute atomic E-state index is 12.7. The summed E-state index contributed by atoms with van der Waals surface area (Å²) in [6, 6.07) is 15.4. The Morgan fingerprint density at radius 2 is 1.79 bits per heavy atom. The van der Waals surface area contributed by atoms with Crippen LogP contribution < -0.4 is 5.32 Å². The summed E-state index contributed by atoms with van der Waals surface area (Å²) in [5, 5.41) is 2.98. The third-order valence-electron chi connectivity index (χ3n) is 5.01. The smallest absolute Gasteiger partial charge is 0.223 e. The number of amides is 1. The lowest BCUT2D eigenvalue weighted by molar-refractivity contribution is -0.126. The zero-order chi connectivity index (χ0) is 20.1. The second kappa shape index (κ2) is 9.20. The van der Waals surface area contributed by atoms with E-state index in [1.807, 2.05) is 49.4 Å². The Labute approximate surface area is 175 Å². The number of carbonyl (C=O) groups is 1. The predicted octanol–water partition coefficient (Wildman–Crippen LogP) is 3.62. The summed E-state index contributed by atoms with van der Waals surface area (Å²) >= 11 is 3.37. The van der Waals surface area contributed by atoms with Crippen LogP contribution in [0, 0.1) is 12.8 Å². The van der Waals surface area contributed by atoms with Gasteiger partial charge in [-0.2, -0.15) is 0 Å². The van der Waals surface area contributed by atoms with Gasteiger partial charge < -0.3 is 5.32 Å². The number of halogens is 1. The van der Waals surface area contributed by atoms with E-state index in [0.717, 1.165) is 21.2 Å². The Hall–Kier alpha value is -1.70. The monoisotopic (exact) mass is 464 g/mol. The highest BCUT2D eigenvalue weighted by atomic mass is 79.9. The van der Waals surface area contributed by atoms with Crippen LogP contribution in [0.15, 0.2) is 53.0 Å². The van der Waals surface area contributed by atoms with E-state index in [-0.39, 0.29) is 17.6 Å². The van der Waals surface area contributed by atoms with Crippen molar-refractivity contribution in [2.75, 3.05) is 13.1 Å². The van der Waals surface area contributed by atoms with Crippen molar-refractivity contribution >= 4 is 31.9 Å². The summed E-state index contributed by atoms with van der Waals surface area (Å²) in [4.78, 5) is 12.5. The minimum atomic E-state index is -3.38. The van der Waals surface area contributed by atoms with Gasteiger partial charge in [-0.25, -0.2) is 12.7 Å². The SMILES string of the molecule is Cc1cccc(CNC(=O)C2CCN(S(=O)(=O)Cc3cccc(Br)c3)CC2)c1. The topological polar surface area (TPSA) is 66.5 Å². The summed E-state index contributed by atoms with van der Waals surface area (Å²) in [6.45, 7) is 3.30. The number of nitrogens with one attached hydrogen (secondary N) is 1. The number of sulfonamides is 1. The highest BCUT2D eigenvalue weighted by Gasteiger charge is 2.31. The normalized spacial score (nSPS) is 16.1. The number of carbonyl (C=O) groups excluding carboxylic acids is 1. The average Bonchev–Trinajstić information content (AvgIpc) is 2.66. The fourth-order valence-corrected chi connectivity index (χ4v) is 5.48. The number of hydrogen-bond acceptors (Lipinski definition) is 3. The Morgan fingerprint density at radius 1 is 1.11 bits per heavy atom. The Bertz CT molecular complexity index is 938. The lowest BCUT2D eigenvalue weighted by Crippen LogP contribution is -2.43. The van der Waals surface area contributed by atoms with Crippen molar-refractivity contribution in [3.05, 3.63) is 69.7 Å². The van der Waals surface area contributed by atoms with Crippen molar-refractivity contribution in [2.24, 2.45) is 5.92 Å². The van der Waals surface area contributed by atoms with E-state index in [4.69, 9.17) is 0 Å². The molecule has 1 fully saturated rings. The Balaban J connectivity index is 1.51. The van der Waals surface area contributed by atoms with Crippen LogP contribution in [-0.2, 0) is 27.1 Å². The van der Waals surface area contributed by atoms with Gasteiger partial charge in [0.05, 0.1) is 5.75 Å². The van der Waals surface area contributed by atoms with Crippen LogP contribution in [0.4, 0.5) is 0 Å². The predicted molar refractivity (Wildman–Crippen MR) is 114 cm³/mol. The molecule has 1 amide bonds. The number of piperidine rings is 1. The van der Waals surface area contributed by atoms with Crippen LogP contribution in [0.3, 0.4) is 0 Å². The van der Waals surface area contributed by atoms with Crippen LogP contribution >= 0.6 is 15.9 Å². The third kappa shape index (κ3) is 5.65. The molecule has 0 spiro atoms. The summed E-state index contributed by atoms with van der Waals surface area (Å²) < 4.78 is 27.8. The number of benzene rings is 2.